The summed E-state index contributed by atoms with van der Waals surface area (Å²) in [7, 11) is 1.59. The average Bonchev–Trinajstić information content (AvgIpc) is 2.63. The highest BCUT2D eigenvalue weighted by Crippen LogP contribution is 2.34. The molecule has 0 fully saturated rings. The Bertz CT molecular complexity index is 922. The highest BCUT2D eigenvalue weighted by Gasteiger charge is 2.30. The molecule has 1 heterocycles. The minimum absolute atomic E-state index is 0.0472. The number of hydrogen-bond acceptors (Lipinski definition) is 3. The standard InChI is InChI=1S/C19H15ClN2O4/c1-21-15-8-5-13(19(25)26)10-16(15)22(11-18(21)24)17(23)9-4-12-2-6-14(20)7-3-12/h2-10H,11H2,1H3,(H,25,26)/b9-4+. The number of halogens is 1. The molecule has 1 N–H and O–H groups in total. The molecule has 132 valence electrons. The summed E-state index contributed by atoms with van der Waals surface area (Å²) in [5.41, 5.74) is 1.70. The lowest BCUT2D eigenvalue weighted by Gasteiger charge is -2.33. The fraction of sp³-hybridized carbons (Fsp3) is 0.105. The number of nitrogens with zero attached hydrogens (tertiary/aromatic N) is 2. The normalized spacial score (nSPS) is 13.8. The van der Waals surface area contributed by atoms with Crippen molar-refractivity contribution in [3.63, 3.8) is 0 Å². The van der Waals surface area contributed by atoms with Gasteiger partial charge in [0, 0.05) is 18.1 Å². The Morgan fingerprint density at radius 1 is 1.12 bits per heavy atom. The van der Waals surface area contributed by atoms with Crippen molar-refractivity contribution >= 4 is 46.8 Å². The number of benzene rings is 2. The number of aromatic carboxylic acids is 1. The lowest BCUT2D eigenvalue weighted by atomic mass is 10.1. The van der Waals surface area contributed by atoms with Crippen LogP contribution in [0.5, 0.6) is 0 Å². The summed E-state index contributed by atoms with van der Waals surface area (Å²) >= 11 is 5.83. The lowest BCUT2D eigenvalue weighted by molar-refractivity contribution is -0.120. The number of amides is 2. The second-order valence-electron chi connectivity index (χ2n) is 5.77. The number of likely N-dealkylation sites (N-methyl/N-ethyl adjacent to an activating group) is 1. The molecule has 2 aromatic carbocycles. The molecule has 6 nitrogen and oxygen atoms in total. The number of carbonyl (C=O) groups is 3. The number of carboxylic acids is 1. The zero-order chi connectivity index (χ0) is 18.8. The van der Waals surface area contributed by atoms with Crippen LogP contribution in [0.1, 0.15) is 15.9 Å². The van der Waals surface area contributed by atoms with Gasteiger partial charge in [-0.2, -0.15) is 0 Å². The highest BCUT2D eigenvalue weighted by molar-refractivity contribution is 6.30. The van der Waals surface area contributed by atoms with E-state index in [1.165, 1.54) is 34.1 Å². The number of anilines is 2. The van der Waals surface area contributed by atoms with Crippen molar-refractivity contribution in [2.75, 3.05) is 23.4 Å². The SMILES string of the molecule is CN1C(=O)CN(C(=O)/C=C/c2ccc(Cl)cc2)c2cc(C(=O)O)ccc21. The van der Waals surface area contributed by atoms with Crippen LogP contribution in [0.25, 0.3) is 6.08 Å². The molecule has 0 bridgehead atoms. The Hall–Kier alpha value is -3.12. The summed E-state index contributed by atoms with van der Waals surface area (Å²) in [4.78, 5) is 38.7. The van der Waals surface area contributed by atoms with Crippen molar-refractivity contribution in [1.29, 1.82) is 0 Å². The van der Waals surface area contributed by atoms with Gasteiger partial charge >= 0.3 is 5.97 Å². The summed E-state index contributed by atoms with van der Waals surface area (Å²) in [5.74, 6) is -1.77. The highest BCUT2D eigenvalue weighted by atomic mass is 35.5. The maximum absolute atomic E-state index is 12.6. The summed E-state index contributed by atoms with van der Waals surface area (Å²) < 4.78 is 0. The number of hydrogen-bond donors (Lipinski definition) is 1. The van der Waals surface area contributed by atoms with Gasteiger partial charge in [0.1, 0.15) is 6.54 Å². The summed E-state index contributed by atoms with van der Waals surface area (Å²) in [6.45, 7) is -0.156. The average molecular weight is 371 g/mol. The van der Waals surface area contributed by atoms with Crippen LogP contribution in [0, 0.1) is 0 Å². The monoisotopic (exact) mass is 370 g/mol. The predicted molar refractivity (Wildman–Crippen MR) is 99.7 cm³/mol. The number of rotatable bonds is 3. The number of carbonyl (C=O) groups excluding carboxylic acids is 2. The molecule has 1 aliphatic rings. The summed E-state index contributed by atoms with van der Waals surface area (Å²) in [5, 5.41) is 9.79. The molecule has 2 amide bonds. The quantitative estimate of drug-likeness (QED) is 0.842. The molecular formula is C19H15ClN2O4. The van der Waals surface area contributed by atoms with Gasteiger partial charge in [-0.05, 0) is 42.0 Å². The Morgan fingerprint density at radius 2 is 1.81 bits per heavy atom. The van der Waals surface area contributed by atoms with Gasteiger partial charge in [-0.1, -0.05) is 23.7 Å². The van der Waals surface area contributed by atoms with Gasteiger partial charge in [0.15, 0.2) is 0 Å². The first kappa shape index (κ1) is 17.7. The molecule has 0 aromatic heterocycles. The molecule has 0 atom stereocenters. The Kier molecular flexibility index (Phi) is 4.77. The van der Waals surface area contributed by atoms with E-state index in [2.05, 4.69) is 0 Å². The summed E-state index contributed by atoms with van der Waals surface area (Å²) in [6, 6.07) is 11.3. The molecule has 0 saturated heterocycles. The molecule has 0 aliphatic carbocycles. The van der Waals surface area contributed by atoms with Crippen molar-refractivity contribution in [1.82, 2.24) is 0 Å². The van der Waals surface area contributed by atoms with Crippen LogP contribution in [-0.2, 0) is 9.59 Å². The third-order valence-corrected chi connectivity index (χ3v) is 4.35. The first-order valence-electron chi connectivity index (χ1n) is 7.76. The van der Waals surface area contributed by atoms with E-state index in [1.54, 1.807) is 37.4 Å². The van der Waals surface area contributed by atoms with E-state index >= 15 is 0 Å². The molecule has 0 saturated carbocycles. The Labute approximate surface area is 154 Å². The van der Waals surface area contributed by atoms with E-state index in [-0.39, 0.29) is 18.0 Å². The lowest BCUT2D eigenvalue weighted by Crippen LogP contribution is -2.46. The van der Waals surface area contributed by atoms with Gasteiger partial charge in [0.05, 0.1) is 16.9 Å². The van der Waals surface area contributed by atoms with E-state index in [0.29, 0.717) is 16.4 Å². The van der Waals surface area contributed by atoms with Gasteiger partial charge in [-0.3, -0.25) is 14.5 Å². The van der Waals surface area contributed by atoms with Gasteiger partial charge in [-0.25, -0.2) is 4.79 Å². The van der Waals surface area contributed by atoms with Crippen LogP contribution in [-0.4, -0.2) is 36.5 Å². The van der Waals surface area contributed by atoms with Crippen molar-refractivity contribution in [3.8, 4) is 0 Å². The maximum Gasteiger partial charge on any atom is 0.335 e. The van der Waals surface area contributed by atoms with E-state index < -0.39 is 11.9 Å². The molecule has 7 heteroatoms. The zero-order valence-corrected chi connectivity index (χ0v) is 14.6. The van der Waals surface area contributed by atoms with Crippen molar-refractivity contribution < 1.29 is 19.5 Å². The van der Waals surface area contributed by atoms with Gasteiger partial charge in [0.2, 0.25) is 5.91 Å². The smallest absolute Gasteiger partial charge is 0.335 e. The van der Waals surface area contributed by atoms with Crippen molar-refractivity contribution in [2.45, 2.75) is 0 Å². The molecule has 0 spiro atoms. The Morgan fingerprint density at radius 3 is 2.46 bits per heavy atom. The first-order chi connectivity index (χ1) is 12.4. The first-order valence-corrected chi connectivity index (χ1v) is 8.13. The fourth-order valence-electron chi connectivity index (χ4n) is 2.65. The van der Waals surface area contributed by atoms with Crippen LogP contribution >= 0.6 is 11.6 Å². The van der Waals surface area contributed by atoms with Crippen molar-refractivity contribution in [3.05, 3.63) is 64.7 Å². The molecule has 1 aliphatic heterocycles. The minimum Gasteiger partial charge on any atom is -0.478 e. The number of carboxylic acid groups (broad SMARTS) is 1. The van der Waals surface area contributed by atoms with Crippen LogP contribution in [0.3, 0.4) is 0 Å². The second kappa shape index (κ2) is 7.01. The summed E-state index contributed by atoms with van der Waals surface area (Å²) in [6.07, 6.45) is 2.96. The molecular weight excluding hydrogens is 356 g/mol. The fourth-order valence-corrected chi connectivity index (χ4v) is 2.77. The maximum atomic E-state index is 12.6. The molecule has 26 heavy (non-hydrogen) atoms. The topological polar surface area (TPSA) is 77.9 Å². The largest absolute Gasteiger partial charge is 0.478 e. The number of fused-ring (bicyclic) bond motifs is 1. The van der Waals surface area contributed by atoms with Crippen LogP contribution in [0.2, 0.25) is 5.02 Å². The van der Waals surface area contributed by atoms with Crippen molar-refractivity contribution in [2.24, 2.45) is 0 Å². The van der Waals surface area contributed by atoms with E-state index in [0.717, 1.165) is 5.56 Å². The van der Waals surface area contributed by atoms with Gasteiger partial charge in [-0.15, -0.1) is 0 Å². The van der Waals surface area contributed by atoms with Gasteiger partial charge in [0.25, 0.3) is 5.91 Å². The molecule has 2 aromatic rings. The van der Waals surface area contributed by atoms with E-state index in [1.807, 2.05) is 0 Å². The third kappa shape index (κ3) is 3.45. The van der Waals surface area contributed by atoms with E-state index in [9.17, 15) is 19.5 Å². The van der Waals surface area contributed by atoms with Crippen LogP contribution < -0.4 is 9.80 Å². The second-order valence-corrected chi connectivity index (χ2v) is 6.21. The predicted octanol–water partition coefficient (Wildman–Crippen LogP) is 3.06. The van der Waals surface area contributed by atoms with Gasteiger partial charge < -0.3 is 10.0 Å². The van der Waals surface area contributed by atoms with E-state index in [4.69, 9.17) is 11.6 Å². The third-order valence-electron chi connectivity index (χ3n) is 4.10. The van der Waals surface area contributed by atoms with Crippen LogP contribution in [0.15, 0.2) is 48.5 Å². The molecule has 0 radical (unpaired) electrons. The molecule has 3 rings (SSSR count). The zero-order valence-electron chi connectivity index (χ0n) is 13.8. The molecule has 0 unspecified atom stereocenters. The Balaban J connectivity index is 1.94. The minimum atomic E-state index is -1.10. The van der Waals surface area contributed by atoms with Crippen LogP contribution in [0.4, 0.5) is 11.4 Å².